The standard InChI is InChI=1S/C28H28N6O4/c1-31-24(27(35)36)16-30-25(31)18-32-15-13-20(17-32)34-26-23(8-5-14-29-26)33(28(34)37)19-9-11-22(12-10-19)38-21-6-3-2-4-7-21/h2-12,14,16,20,27,35-36H,13,15,17-18H2,1H3/t20-/m0/s1. The van der Waals surface area contributed by atoms with Crippen LogP contribution >= 0.6 is 0 Å². The van der Waals surface area contributed by atoms with E-state index in [2.05, 4.69) is 14.9 Å². The molecule has 1 atom stereocenters. The lowest BCUT2D eigenvalue weighted by Gasteiger charge is -2.17. The van der Waals surface area contributed by atoms with Crippen molar-refractivity contribution >= 4 is 11.2 Å². The fraction of sp³-hybridized carbons (Fsp3) is 0.250. The molecule has 38 heavy (non-hydrogen) atoms. The lowest BCUT2D eigenvalue weighted by Crippen LogP contribution is -2.29. The van der Waals surface area contributed by atoms with Gasteiger partial charge in [0.05, 0.1) is 35.7 Å². The summed E-state index contributed by atoms with van der Waals surface area (Å²) in [6.45, 7) is 1.98. The number of rotatable bonds is 7. The number of benzene rings is 2. The van der Waals surface area contributed by atoms with Crippen LogP contribution in [0.2, 0.25) is 0 Å². The average Bonchev–Trinajstić information content (AvgIpc) is 3.61. The molecule has 1 aliphatic rings. The van der Waals surface area contributed by atoms with Crippen molar-refractivity contribution in [3.8, 4) is 17.2 Å². The van der Waals surface area contributed by atoms with Crippen LogP contribution in [0.4, 0.5) is 0 Å². The molecule has 3 aromatic heterocycles. The molecular weight excluding hydrogens is 484 g/mol. The van der Waals surface area contributed by atoms with E-state index >= 15 is 0 Å². The van der Waals surface area contributed by atoms with Gasteiger partial charge in [0, 0.05) is 26.3 Å². The van der Waals surface area contributed by atoms with Crippen molar-refractivity contribution in [1.29, 1.82) is 0 Å². The van der Waals surface area contributed by atoms with Crippen LogP contribution in [-0.2, 0) is 13.6 Å². The minimum atomic E-state index is -1.57. The van der Waals surface area contributed by atoms with Gasteiger partial charge in [-0.15, -0.1) is 0 Å². The van der Waals surface area contributed by atoms with Crippen molar-refractivity contribution in [2.45, 2.75) is 25.3 Å². The molecule has 2 N–H and O–H groups in total. The van der Waals surface area contributed by atoms with E-state index in [0.29, 0.717) is 30.2 Å². The average molecular weight is 513 g/mol. The maximum Gasteiger partial charge on any atom is 0.335 e. The summed E-state index contributed by atoms with van der Waals surface area (Å²) in [5, 5.41) is 19.0. The number of ether oxygens (including phenoxy) is 1. The summed E-state index contributed by atoms with van der Waals surface area (Å²) < 4.78 is 11.1. The van der Waals surface area contributed by atoms with E-state index in [0.717, 1.165) is 35.7 Å². The fourth-order valence-corrected chi connectivity index (χ4v) is 5.13. The third-order valence-electron chi connectivity index (χ3n) is 7.07. The van der Waals surface area contributed by atoms with Gasteiger partial charge < -0.3 is 19.5 Å². The Balaban J connectivity index is 1.27. The molecule has 0 amide bonds. The summed E-state index contributed by atoms with van der Waals surface area (Å²) in [4.78, 5) is 25.0. The van der Waals surface area contributed by atoms with Crippen LogP contribution in [0, 0.1) is 0 Å². The highest BCUT2D eigenvalue weighted by Crippen LogP contribution is 2.28. The number of nitrogens with zero attached hydrogens (tertiary/aromatic N) is 6. The van der Waals surface area contributed by atoms with Gasteiger partial charge in [-0.2, -0.15) is 0 Å². The van der Waals surface area contributed by atoms with Crippen molar-refractivity contribution in [3.05, 3.63) is 101 Å². The number of likely N-dealkylation sites (tertiary alicyclic amines) is 1. The quantitative estimate of drug-likeness (QED) is 0.322. The molecule has 5 aromatic rings. The van der Waals surface area contributed by atoms with E-state index < -0.39 is 6.29 Å². The minimum Gasteiger partial charge on any atom is -0.457 e. The summed E-state index contributed by atoms with van der Waals surface area (Å²) in [7, 11) is 1.77. The molecule has 1 saturated heterocycles. The summed E-state index contributed by atoms with van der Waals surface area (Å²) in [5.41, 5.74) is 2.35. The number of pyridine rings is 1. The molecule has 0 unspecified atom stereocenters. The van der Waals surface area contributed by atoms with Crippen molar-refractivity contribution in [3.63, 3.8) is 0 Å². The molecule has 0 bridgehead atoms. The van der Waals surface area contributed by atoms with Crippen LogP contribution < -0.4 is 10.4 Å². The molecule has 1 aliphatic heterocycles. The number of hydrogen-bond acceptors (Lipinski definition) is 7. The number of aliphatic hydroxyl groups excluding tert-OH is 1. The predicted molar refractivity (Wildman–Crippen MR) is 141 cm³/mol. The third-order valence-corrected chi connectivity index (χ3v) is 7.07. The molecule has 194 valence electrons. The van der Waals surface area contributed by atoms with Gasteiger partial charge in [0.1, 0.15) is 17.3 Å². The SMILES string of the molecule is Cn1c(C(O)O)cnc1CN1CC[C@H](n2c(=O)n(-c3ccc(Oc4ccccc4)cc3)c3cccnc32)C1. The molecule has 6 rings (SSSR count). The van der Waals surface area contributed by atoms with Crippen molar-refractivity contribution in [2.75, 3.05) is 13.1 Å². The molecule has 1 fully saturated rings. The number of aromatic nitrogens is 5. The predicted octanol–water partition coefficient (Wildman–Crippen LogP) is 3.14. The Morgan fingerprint density at radius 2 is 1.76 bits per heavy atom. The Morgan fingerprint density at radius 1 is 1.00 bits per heavy atom. The topological polar surface area (TPSA) is 111 Å². The first-order chi connectivity index (χ1) is 18.5. The highest BCUT2D eigenvalue weighted by atomic mass is 16.5. The number of fused-ring (bicyclic) bond motifs is 1. The molecule has 10 nitrogen and oxygen atoms in total. The molecule has 0 spiro atoms. The van der Waals surface area contributed by atoms with E-state index in [1.54, 1.807) is 26.9 Å². The fourth-order valence-electron chi connectivity index (χ4n) is 5.13. The van der Waals surface area contributed by atoms with Gasteiger partial charge in [0.2, 0.25) is 0 Å². The summed E-state index contributed by atoms with van der Waals surface area (Å²) in [5.74, 6) is 2.17. The molecule has 0 radical (unpaired) electrons. The maximum atomic E-state index is 13.8. The third kappa shape index (κ3) is 4.38. The first kappa shape index (κ1) is 24.1. The number of hydrogen-bond donors (Lipinski definition) is 2. The van der Waals surface area contributed by atoms with Gasteiger partial charge in [-0.1, -0.05) is 18.2 Å². The largest absolute Gasteiger partial charge is 0.457 e. The van der Waals surface area contributed by atoms with Crippen molar-refractivity contribution < 1.29 is 14.9 Å². The van der Waals surface area contributed by atoms with Gasteiger partial charge >= 0.3 is 5.69 Å². The van der Waals surface area contributed by atoms with Gasteiger partial charge in [0.25, 0.3) is 0 Å². The second kappa shape index (κ2) is 9.90. The first-order valence-corrected chi connectivity index (χ1v) is 12.5. The first-order valence-electron chi connectivity index (χ1n) is 12.5. The van der Waals surface area contributed by atoms with Gasteiger partial charge in [-0.25, -0.2) is 14.8 Å². The maximum absolute atomic E-state index is 13.8. The monoisotopic (exact) mass is 512 g/mol. The van der Waals surface area contributed by atoms with Crippen LogP contribution in [0.25, 0.3) is 16.9 Å². The highest BCUT2D eigenvalue weighted by Gasteiger charge is 2.29. The smallest absolute Gasteiger partial charge is 0.335 e. The lowest BCUT2D eigenvalue weighted by molar-refractivity contribution is -0.0479. The molecular formula is C28H28N6O4. The second-order valence-corrected chi connectivity index (χ2v) is 9.45. The van der Waals surface area contributed by atoms with Crippen molar-refractivity contribution in [1.82, 2.24) is 28.6 Å². The Kier molecular flexibility index (Phi) is 6.28. The van der Waals surface area contributed by atoms with Gasteiger partial charge in [-0.3, -0.25) is 14.0 Å². The van der Waals surface area contributed by atoms with Crippen molar-refractivity contribution in [2.24, 2.45) is 7.05 Å². The molecule has 4 heterocycles. The van der Waals surface area contributed by atoms with Crippen LogP contribution in [-0.4, -0.2) is 51.9 Å². The van der Waals surface area contributed by atoms with E-state index in [-0.39, 0.29) is 11.7 Å². The van der Waals surface area contributed by atoms with E-state index in [1.165, 1.54) is 6.20 Å². The molecule has 0 aliphatic carbocycles. The Hall–Kier alpha value is -4.25. The minimum absolute atomic E-state index is 0.0509. The highest BCUT2D eigenvalue weighted by molar-refractivity contribution is 5.74. The van der Waals surface area contributed by atoms with E-state index in [4.69, 9.17) is 4.74 Å². The van der Waals surface area contributed by atoms with Crippen LogP contribution in [0.5, 0.6) is 11.5 Å². The van der Waals surface area contributed by atoms with Crippen LogP contribution in [0.3, 0.4) is 0 Å². The summed E-state index contributed by atoms with van der Waals surface area (Å²) >= 11 is 0. The molecule has 10 heteroatoms. The van der Waals surface area contributed by atoms with E-state index in [9.17, 15) is 15.0 Å². The number of imidazole rings is 2. The molecule has 0 saturated carbocycles. The normalized spacial score (nSPS) is 16.1. The summed E-state index contributed by atoms with van der Waals surface area (Å²) in [6, 6.07) is 20.7. The second-order valence-electron chi connectivity index (χ2n) is 9.45. The molecule has 2 aromatic carbocycles. The number of aliphatic hydroxyl groups is 2. The summed E-state index contributed by atoms with van der Waals surface area (Å²) in [6.07, 6.45) is 2.41. The van der Waals surface area contributed by atoms with Crippen LogP contribution in [0.15, 0.2) is 83.9 Å². The lowest BCUT2D eigenvalue weighted by atomic mass is 10.2. The van der Waals surface area contributed by atoms with E-state index in [1.807, 2.05) is 66.7 Å². The van der Waals surface area contributed by atoms with Gasteiger partial charge in [-0.05, 0) is 55.0 Å². The number of para-hydroxylation sites is 1. The Morgan fingerprint density at radius 3 is 2.50 bits per heavy atom. The Labute approximate surface area is 218 Å². The van der Waals surface area contributed by atoms with Crippen LogP contribution in [0.1, 0.15) is 30.3 Å². The van der Waals surface area contributed by atoms with Gasteiger partial charge in [0.15, 0.2) is 11.9 Å². The zero-order valence-corrected chi connectivity index (χ0v) is 20.9. The zero-order valence-electron chi connectivity index (χ0n) is 20.9. The zero-order chi connectivity index (χ0) is 26.2. The Bertz CT molecular complexity index is 1620.